The molecular formula is C20H20Cl2N2O3. The van der Waals surface area contributed by atoms with Gasteiger partial charge in [0.25, 0.3) is 5.91 Å². The van der Waals surface area contributed by atoms with Gasteiger partial charge in [-0.1, -0.05) is 35.3 Å². The summed E-state index contributed by atoms with van der Waals surface area (Å²) in [6, 6.07) is 9.96. The Kier molecular flexibility index (Phi) is 5.63. The highest BCUT2D eigenvalue weighted by Crippen LogP contribution is 2.45. The van der Waals surface area contributed by atoms with E-state index in [0.29, 0.717) is 27.8 Å². The van der Waals surface area contributed by atoms with Crippen LogP contribution in [0.3, 0.4) is 0 Å². The van der Waals surface area contributed by atoms with Crippen molar-refractivity contribution < 1.29 is 14.3 Å². The summed E-state index contributed by atoms with van der Waals surface area (Å²) in [4.78, 5) is 26.1. The molecule has 0 saturated heterocycles. The Labute approximate surface area is 168 Å². The average Bonchev–Trinajstić information content (AvgIpc) is 2.86. The summed E-state index contributed by atoms with van der Waals surface area (Å²) in [5, 5.41) is 3.47. The van der Waals surface area contributed by atoms with Crippen molar-refractivity contribution in [1.82, 2.24) is 5.32 Å². The first kappa shape index (κ1) is 19.5. The van der Waals surface area contributed by atoms with Crippen LogP contribution in [0.25, 0.3) is 0 Å². The Balaban J connectivity index is 1.93. The van der Waals surface area contributed by atoms with E-state index in [0.717, 1.165) is 11.3 Å². The fourth-order valence-electron chi connectivity index (χ4n) is 3.12. The maximum Gasteiger partial charge on any atom is 0.254 e. The van der Waals surface area contributed by atoms with Gasteiger partial charge in [-0.25, -0.2) is 0 Å². The van der Waals surface area contributed by atoms with Crippen molar-refractivity contribution in [3.05, 3.63) is 57.6 Å². The van der Waals surface area contributed by atoms with Gasteiger partial charge in [-0.15, -0.1) is 0 Å². The van der Waals surface area contributed by atoms with Crippen LogP contribution >= 0.6 is 23.2 Å². The van der Waals surface area contributed by atoms with E-state index in [1.54, 1.807) is 17.0 Å². The van der Waals surface area contributed by atoms with Crippen LogP contribution in [0.1, 0.15) is 37.9 Å². The zero-order valence-corrected chi connectivity index (χ0v) is 16.8. The van der Waals surface area contributed by atoms with Crippen LogP contribution in [-0.2, 0) is 16.1 Å². The van der Waals surface area contributed by atoms with Gasteiger partial charge in [-0.2, -0.15) is 0 Å². The molecule has 2 amide bonds. The molecule has 5 nitrogen and oxygen atoms in total. The highest BCUT2D eigenvalue weighted by molar-refractivity contribution is 6.38. The molecule has 1 aliphatic rings. The van der Waals surface area contributed by atoms with Crippen molar-refractivity contribution in [3.63, 3.8) is 0 Å². The Morgan fingerprint density at radius 1 is 1.15 bits per heavy atom. The van der Waals surface area contributed by atoms with E-state index in [9.17, 15) is 9.59 Å². The zero-order valence-electron chi connectivity index (χ0n) is 15.3. The lowest BCUT2D eigenvalue weighted by Gasteiger charge is -2.19. The van der Waals surface area contributed by atoms with Gasteiger partial charge in [-0.05, 0) is 43.7 Å². The number of carbonyl (C=O) groups excluding carboxylic acids is 2. The SMILES string of the molecule is CC(=O)N[C@@H]1C(=O)N(Cc2ccc(OC(C)C)cc2)c2c(Cl)ccc(Cl)c21. The third kappa shape index (κ3) is 4.04. The molecule has 3 rings (SSSR count). The molecule has 1 aliphatic heterocycles. The van der Waals surface area contributed by atoms with Crippen LogP contribution in [0.4, 0.5) is 5.69 Å². The topological polar surface area (TPSA) is 58.6 Å². The number of amides is 2. The van der Waals surface area contributed by atoms with E-state index in [4.69, 9.17) is 27.9 Å². The summed E-state index contributed by atoms with van der Waals surface area (Å²) >= 11 is 12.7. The predicted octanol–water partition coefficient (Wildman–Crippen LogP) is 4.50. The van der Waals surface area contributed by atoms with Crippen LogP contribution in [0, 0.1) is 0 Å². The van der Waals surface area contributed by atoms with Gasteiger partial charge in [0.15, 0.2) is 0 Å². The van der Waals surface area contributed by atoms with Crippen molar-refractivity contribution in [2.75, 3.05) is 4.90 Å². The molecule has 7 heteroatoms. The van der Waals surface area contributed by atoms with Gasteiger partial charge in [0, 0.05) is 17.5 Å². The molecule has 2 aromatic carbocycles. The van der Waals surface area contributed by atoms with Crippen molar-refractivity contribution in [2.24, 2.45) is 0 Å². The maximum atomic E-state index is 13.0. The summed E-state index contributed by atoms with van der Waals surface area (Å²) in [6.45, 7) is 5.59. The van der Waals surface area contributed by atoms with E-state index < -0.39 is 6.04 Å². The maximum absolute atomic E-state index is 13.0. The van der Waals surface area contributed by atoms with Crippen LogP contribution in [0.15, 0.2) is 36.4 Å². The van der Waals surface area contributed by atoms with Crippen molar-refractivity contribution in [2.45, 2.75) is 39.5 Å². The van der Waals surface area contributed by atoms with E-state index in [1.807, 2.05) is 38.1 Å². The molecule has 27 heavy (non-hydrogen) atoms. The first-order chi connectivity index (χ1) is 12.8. The van der Waals surface area contributed by atoms with E-state index >= 15 is 0 Å². The Hall–Kier alpha value is -2.24. The number of hydrogen-bond acceptors (Lipinski definition) is 3. The highest BCUT2D eigenvalue weighted by atomic mass is 35.5. The Bertz CT molecular complexity index is 882. The molecule has 0 aliphatic carbocycles. The molecule has 0 saturated carbocycles. The fourth-order valence-corrected chi connectivity index (χ4v) is 3.65. The molecule has 1 N–H and O–H groups in total. The largest absolute Gasteiger partial charge is 0.491 e. The molecule has 0 fully saturated rings. The average molecular weight is 407 g/mol. The van der Waals surface area contributed by atoms with Gasteiger partial charge in [0.05, 0.1) is 23.4 Å². The third-order valence-electron chi connectivity index (χ3n) is 4.17. The quantitative estimate of drug-likeness (QED) is 0.794. The second-order valence-electron chi connectivity index (χ2n) is 6.66. The van der Waals surface area contributed by atoms with E-state index in [1.165, 1.54) is 6.92 Å². The summed E-state index contributed by atoms with van der Waals surface area (Å²) < 4.78 is 5.65. The number of hydrogen-bond donors (Lipinski definition) is 1. The highest BCUT2D eigenvalue weighted by Gasteiger charge is 2.41. The number of nitrogens with zero attached hydrogens (tertiary/aromatic N) is 1. The second-order valence-corrected chi connectivity index (χ2v) is 7.47. The lowest BCUT2D eigenvalue weighted by Crippen LogP contribution is -2.36. The van der Waals surface area contributed by atoms with Gasteiger partial charge < -0.3 is 15.0 Å². The summed E-state index contributed by atoms with van der Waals surface area (Å²) in [5.74, 6) is 0.184. The van der Waals surface area contributed by atoms with Crippen molar-refractivity contribution in [1.29, 1.82) is 0 Å². The zero-order chi connectivity index (χ0) is 19.7. The number of halogens is 2. The number of benzene rings is 2. The predicted molar refractivity (Wildman–Crippen MR) is 106 cm³/mol. The first-order valence-electron chi connectivity index (χ1n) is 8.60. The smallest absolute Gasteiger partial charge is 0.254 e. The molecule has 0 spiro atoms. The molecule has 1 atom stereocenters. The number of carbonyl (C=O) groups is 2. The first-order valence-corrected chi connectivity index (χ1v) is 9.35. The lowest BCUT2D eigenvalue weighted by molar-refractivity contribution is -0.126. The van der Waals surface area contributed by atoms with Gasteiger partial charge >= 0.3 is 0 Å². The van der Waals surface area contributed by atoms with Crippen LogP contribution in [-0.4, -0.2) is 17.9 Å². The minimum absolute atomic E-state index is 0.0854. The Morgan fingerprint density at radius 3 is 2.37 bits per heavy atom. The number of ether oxygens (including phenoxy) is 1. The van der Waals surface area contributed by atoms with E-state index in [2.05, 4.69) is 5.32 Å². The van der Waals surface area contributed by atoms with Crippen LogP contribution in [0.2, 0.25) is 10.0 Å². The molecule has 142 valence electrons. The third-order valence-corrected chi connectivity index (χ3v) is 4.80. The molecular weight excluding hydrogens is 387 g/mol. The van der Waals surface area contributed by atoms with E-state index in [-0.39, 0.29) is 17.9 Å². The molecule has 1 heterocycles. The fraction of sp³-hybridized carbons (Fsp3) is 0.300. The molecule has 2 aromatic rings. The minimum atomic E-state index is -0.841. The summed E-state index contributed by atoms with van der Waals surface area (Å²) in [6.07, 6.45) is 0.0854. The lowest BCUT2D eigenvalue weighted by atomic mass is 10.1. The standard InChI is InChI=1S/C20H20Cl2N2O3/c1-11(2)27-14-6-4-13(5-7-14)10-24-19-16(22)9-8-15(21)17(19)18(20(24)26)23-12(3)25/h4-9,11,18H,10H2,1-3H3,(H,23,25)/t18-/m0/s1. The second kappa shape index (κ2) is 7.79. The molecule has 0 bridgehead atoms. The van der Waals surface area contributed by atoms with Crippen molar-refractivity contribution >= 4 is 40.7 Å². The van der Waals surface area contributed by atoms with Crippen LogP contribution < -0.4 is 15.0 Å². The molecule has 0 aromatic heterocycles. The van der Waals surface area contributed by atoms with Gasteiger partial charge in [0.1, 0.15) is 11.8 Å². The number of nitrogens with one attached hydrogen (secondary N) is 1. The Morgan fingerprint density at radius 2 is 1.78 bits per heavy atom. The monoisotopic (exact) mass is 406 g/mol. The molecule has 0 radical (unpaired) electrons. The number of anilines is 1. The van der Waals surface area contributed by atoms with Gasteiger partial charge in [-0.3, -0.25) is 9.59 Å². The number of rotatable bonds is 5. The van der Waals surface area contributed by atoms with Crippen molar-refractivity contribution in [3.8, 4) is 5.75 Å². The van der Waals surface area contributed by atoms with Gasteiger partial charge in [0.2, 0.25) is 5.91 Å². The summed E-state index contributed by atoms with van der Waals surface area (Å²) in [7, 11) is 0. The minimum Gasteiger partial charge on any atom is -0.491 e. The molecule has 0 unspecified atom stereocenters. The summed E-state index contributed by atoms with van der Waals surface area (Å²) in [5.41, 5.74) is 1.98. The number of fused-ring (bicyclic) bond motifs is 1. The normalized spacial score (nSPS) is 15.9. The van der Waals surface area contributed by atoms with Crippen LogP contribution in [0.5, 0.6) is 5.75 Å².